The molecule has 0 amide bonds. The summed E-state index contributed by atoms with van der Waals surface area (Å²) in [6.45, 7) is 0. The Morgan fingerprint density at radius 3 is 1.24 bits per heavy atom. The molecule has 12 aromatic rings. The molecule has 0 saturated heterocycles. The monoisotopic (exact) mass is 840 g/mol. The molecule has 12 rings (SSSR count). The van der Waals surface area contributed by atoms with Crippen molar-refractivity contribution in [2.24, 2.45) is 0 Å². The van der Waals surface area contributed by atoms with Gasteiger partial charge < -0.3 is 9.47 Å². The Kier molecular flexibility index (Phi) is 9.89. The number of anilines is 3. The molecule has 66 heavy (non-hydrogen) atoms. The number of nitrogens with zero attached hydrogens (tertiary/aromatic N) is 2. The topological polar surface area (TPSA) is 8.17 Å². The minimum atomic E-state index is 1.10. The molecule has 11 aromatic carbocycles. The molecule has 0 unspecified atom stereocenters. The van der Waals surface area contributed by atoms with Gasteiger partial charge in [0.05, 0.1) is 22.4 Å². The first kappa shape index (κ1) is 38.9. The lowest BCUT2D eigenvalue weighted by Crippen LogP contribution is -2.10. The summed E-state index contributed by atoms with van der Waals surface area (Å²) in [4.78, 5) is 2.38. The largest absolute Gasteiger partial charge is 0.310 e. The zero-order valence-corrected chi connectivity index (χ0v) is 36.3. The normalized spacial score (nSPS) is 11.3. The molecule has 0 saturated carbocycles. The molecule has 0 N–H and O–H groups in total. The van der Waals surface area contributed by atoms with Crippen LogP contribution in [0.25, 0.3) is 93.9 Å². The van der Waals surface area contributed by atoms with Crippen molar-refractivity contribution < 1.29 is 0 Å². The number of fused-ring (bicyclic) bond motifs is 4. The average molecular weight is 841 g/mol. The fourth-order valence-corrected chi connectivity index (χ4v) is 9.74. The molecule has 0 spiro atoms. The van der Waals surface area contributed by atoms with E-state index < -0.39 is 0 Å². The number of hydrogen-bond acceptors (Lipinski definition) is 1. The molecule has 310 valence electrons. The summed E-state index contributed by atoms with van der Waals surface area (Å²) < 4.78 is 2.41. The highest BCUT2D eigenvalue weighted by atomic mass is 15.1. The second-order valence-electron chi connectivity index (χ2n) is 16.9. The predicted octanol–water partition coefficient (Wildman–Crippen LogP) is 17.7. The third kappa shape index (κ3) is 7.12. The number of rotatable bonds is 9. The van der Waals surface area contributed by atoms with E-state index in [-0.39, 0.29) is 0 Å². The van der Waals surface area contributed by atoms with Crippen molar-refractivity contribution in [3.05, 3.63) is 267 Å². The van der Waals surface area contributed by atoms with E-state index >= 15 is 0 Å². The van der Waals surface area contributed by atoms with Crippen LogP contribution in [-0.2, 0) is 0 Å². The van der Waals surface area contributed by atoms with Gasteiger partial charge in [0.25, 0.3) is 0 Å². The van der Waals surface area contributed by atoms with Crippen molar-refractivity contribution in [2.45, 2.75) is 0 Å². The van der Waals surface area contributed by atoms with Gasteiger partial charge in [-0.05, 0) is 110 Å². The first-order valence-corrected chi connectivity index (χ1v) is 22.7. The van der Waals surface area contributed by atoms with Crippen molar-refractivity contribution in [1.82, 2.24) is 4.57 Å². The Balaban J connectivity index is 0.855. The fraction of sp³-hybridized carbons (Fsp3) is 0. The molecule has 1 heterocycles. The minimum Gasteiger partial charge on any atom is -0.310 e. The SMILES string of the molecule is c1ccc(-c2ccc(-c3cccc(-c4ccc(N(c5ccc(-c6ccc(-c7ccccc7-n7c8ccccc8c8ccccc87)cc6)cc5)c5cccc6ccccc56)cc4)c3)cc2)cc1. The average Bonchev–Trinajstić information content (AvgIpc) is 3.74. The molecule has 0 aliphatic heterocycles. The molecule has 0 atom stereocenters. The van der Waals surface area contributed by atoms with Crippen LogP contribution in [0.4, 0.5) is 17.1 Å². The minimum absolute atomic E-state index is 1.10. The Bertz CT molecular complexity index is 3600. The van der Waals surface area contributed by atoms with Crippen LogP contribution in [0.1, 0.15) is 0 Å². The maximum absolute atomic E-state index is 2.41. The second-order valence-corrected chi connectivity index (χ2v) is 16.9. The van der Waals surface area contributed by atoms with Gasteiger partial charge in [0.2, 0.25) is 0 Å². The maximum Gasteiger partial charge on any atom is 0.0541 e. The van der Waals surface area contributed by atoms with Crippen LogP contribution in [0.5, 0.6) is 0 Å². The highest BCUT2D eigenvalue weighted by Crippen LogP contribution is 2.41. The lowest BCUT2D eigenvalue weighted by atomic mass is 9.97. The maximum atomic E-state index is 2.41. The molecular weight excluding hydrogens is 797 g/mol. The Hall–Kier alpha value is -8.72. The summed E-state index contributed by atoms with van der Waals surface area (Å²) in [6.07, 6.45) is 0. The summed E-state index contributed by atoms with van der Waals surface area (Å²) in [5, 5.41) is 4.94. The van der Waals surface area contributed by atoms with E-state index in [0.29, 0.717) is 0 Å². The van der Waals surface area contributed by atoms with E-state index in [4.69, 9.17) is 0 Å². The number of hydrogen-bond donors (Lipinski definition) is 0. The summed E-state index contributed by atoms with van der Waals surface area (Å²) >= 11 is 0. The fourth-order valence-electron chi connectivity index (χ4n) is 9.74. The number of aromatic nitrogens is 1. The van der Waals surface area contributed by atoms with Gasteiger partial charge in [-0.3, -0.25) is 0 Å². The van der Waals surface area contributed by atoms with Crippen molar-refractivity contribution >= 4 is 49.6 Å². The molecule has 0 fully saturated rings. The predicted molar refractivity (Wildman–Crippen MR) is 280 cm³/mol. The zero-order chi connectivity index (χ0) is 43.8. The van der Waals surface area contributed by atoms with Crippen molar-refractivity contribution in [2.75, 3.05) is 4.90 Å². The molecule has 0 aliphatic carbocycles. The third-order valence-electron chi connectivity index (χ3n) is 13.0. The summed E-state index contributed by atoms with van der Waals surface area (Å²) in [7, 11) is 0. The van der Waals surface area contributed by atoms with Crippen LogP contribution < -0.4 is 4.90 Å². The third-order valence-corrected chi connectivity index (χ3v) is 13.0. The van der Waals surface area contributed by atoms with Crippen LogP contribution in [0.15, 0.2) is 267 Å². The first-order valence-electron chi connectivity index (χ1n) is 22.7. The molecule has 2 heteroatoms. The van der Waals surface area contributed by atoms with Crippen molar-refractivity contribution in [1.29, 1.82) is 0 Å². The Morgan fingerprint density at radius 2 is 0.652 bits per heavy atom. The van der Waals surface area contributed by atoms with Gasteiger partial charge in [0.15, 0.2) is 0 Å². The number of para-hydroxylation sites is 3. The van der Waals surface area contributed by atoms with E-state index in [2.05, 4.69) is 276 Å². The molecule has 0 bridgehead atoms. The summed E-state index contributed by atoms with van der Waals surface area (Å²) in [5.41, 5.74) is 18.9. The Labute approximate surface area is 385 Å². The molecule has 2 nitrogen and oxygen atoms in total. The van der Waals surface area contributed by atoms with E-state index in [0.717, 1.165) is 17.1 Å². The molecule has 0 aliphatic rings. The highest BCUT2D eigenvalue weighted by Gasteiger charge is 2.18. The van der Waals surface area contributed by atoms with Crippen LogP contribution in [0, 0.1) is 0 Å². The van der Waals surface area contributed by atoms with Crippen molar-refractivity contribution in [3.8, 4) is 61.3 Å². The van der Waals surface area contributed by atoms with Gasteiger partial charge in [-0.15, -0.1) is 0 Å². The number of benzene rings is 11. The quantitative estimate of drug-likeness (QED) is 0.141. The highest BCUT2D eigenvalue weighted by molar-refractivity contribution is 6.09. The standard InChI is InChI=1S/C64H44N2/c1-2-14-45(15-3-1)46-28-30-49(31-29-46)53-18-12-19-54(44-53)50-38-42-56(43-39-50)65(61-27-13-17-51-16-4-5-20-57(51)61)55-40-36-48(37-41-55)47-32-34-52(35-33-47)58-21-6-9-24-62(58)66-63-25-10-7-22-59(63)60-23-8-11-26-64(60)66/h1-44H. The lowest BCUT2D eigenvalue weighted by molar-refractivity contribution is 1.18. The van der Waals surface area contributed by atoms with Gasteiger partial charge in [-0.2, -0.15) is 0 Å². The molecular formula is C64H44N2. The zero-order valence-electron chi connectivity index (χ0n) is 36.3. The van der Waals surface area contributed by atoms with Crippen LogP contribution in [0.3, 0.4) is 0 Å². The lowest BCUT2D eigenvalue weighted by Gasteiger charge is -2.27. The van der Waals surface area contributed by atoms with E-state index in [1.54, 1.807) is 0 Å². The van der Waals surface area contributed by atoms with Crippen molar-refractivity contribution in [3.63, 3.8) is 0 Å². The first-order chi connectivity index (χ1) is 32.7. The Morgan fingerprint density at radius 1 is 0.258 bits per heavy atom. The van der Waals surface area contributed by atoms with Gasteiger partial charge in [-0.25, -0.2) is 0 Å². The van der Waals surface area contributed by atoms with Gasteiger partial charge in [0.1, 0.15) is 0 Å². The van der Waals surface area contributed by atoms with Gasteiger partial charge >= 0.3 is 0 Å². The van der Waals surface area contributed by atoms with Crippen LogP contribution >= 0.6 is 0 Å². The van der Waals surface area contributed by atoms with Gasteiger partial charge in [0, 0.05) is 33.1 Å². The molecule has 0 radical (unpaired) electrons. The second kappa shape index (κ2) is 16.8. The smallest absolute Gasteiger partial charge is 0.0541 e. The summed E-state index contributed by atoms with van der Waals surface area (Å²) in [5.74, 6) is 0. The van der Waals surface area contributed by atoms with Gasteiger partial charge in [-0.1, -0.05) is 212 Å². The van der Waals surface area contributed by atoms with E-state index in [9.17, 15) is 0 Å². The van der Waals surface area contributed by atoms with Crippen LogP contribution in [-0.4, -0.2) is 4.57 Å². The van der Waals surface area contributed by atoms with E-state index in [1.807, 2.05) is 0 Å². The molecule has 1 aromatic heterocycles. The summed E-state index contributed by atoms with van der Waals surface area (Å²) in [6, 6.07) is 96.7. The van der Waals surface area contributed by atoms with Crippen LogP contribution in [0.2, 0.25) is 0 Å². The van der Waals surface area contributed by atoms with E-state index in [1.165, 1.54) is 93.9 Å².